The van der Waals surface area contributed by atoms with Crippen molar-refractivity contribution in [1.29, 1.82) is 0 Å². The molecule has 2 heterocycles. The number of benzene rings is 1. The van der Waals surface area contributed by atoms with Gasteiger partial charge in [-0.25, -0.2) is 4.79 Å². The molecule has 1 aromatic heterocycles. The molecule has 1 atom stereocenters. The highest BCUT2D eigenvalue weighted by Gasteiger charge is 2.36. The van der Waals surface area contributed by atoms with Crippen LogP contribution in [0.3, 0.4) is 0 Å². The topological polar surface area (TPSA) is 71.0 Å². The fraction of sp³-hybridized carbons (Fsp3) is 0.471. The van der Waals surface area contributed by atoms with Gasteiger partial charge in [-0.05, 0) is 49.9 Å². The molecule has 1 N–H and O–H groups in total. The van der Waals surface area contributed by atoms with Gasteiger partial charge in [-0.15, -0.1) is 5.10 Å². The van der Waals surface area contributed by atoms with E-state index in [1.807, 2.05) is 4.90 Å². The van der Waals surface area contributed by atoms with Crippen LogP contribution in [0, 0.1) is 5.92 Å². The van der Waals surface area contributed by atoms with Gasteiger partial charge >= 0.3 is 5.69 Å². The molecular formula is C17H19ClN4O2. The van der Waals surface area contributed by atoms with Crippen molar-refractivity contribution in [2.24, 2.45) is 5.92 Å². The zero-order valence-electron chi connectivity index (χ0n) is 13.2. The SMILES string of the molecule is O=C(C1CC1)N1CCCC(c2nn(-c3ccc(Cl)cc3)c(=O)[nH]2)C1. The molecule has 1 aromatic carbocycles. The first-order valence-corrected chi connectivity index (χ1v) is 8.73. The van der Waals surface area contributed by atoms with Gasteiger partial charge < -0.3 is 4.90 Å². The molecule has 24 heavy (non-hydrogen) atoms. The van der Waals surface area contributed by atoms with Gasteiger partial charge in [-0.3, -0.25) is 9.78 Å². The molecule has 126 valence electrons. The van der Waals surface area contributed by atoms with Gasteiger partial charge in [0.1, 0.15) is 5.82 Å². The van der Waals surface area contributed by atoms with Crippen molar-refractivity contribution in [3.05, 3.63) is 45.6 Å². The zero-order chi connectivity index (χ0) is 16.7. The van der Waals surface area contributed by atoms with Crippen LogP contribution in [0.25, 0.3) is 5.69 Å². The molecule has 4 rings (SSSR count). The molecule has 2 aromatic rings. The quantitative estimate of drug-likeness (QED) is 0.927. The van der Waals surface area contributed by atoms with Crippen LogP contribution >= 0.6 is 11.6 Å². The Bertz CT molecular complexity index is 807. The second-order valence-electron chi connectivity index (χ2n) is 6.60. The number of likely N-dealkylation sites (tertiary alicyclic amines) is 1. The standard InChI is InChI=1S/C17H19ClN4O2/c18-13-5-7-14(8-6-13)22-17(24)19-15(20-22)12-2-1-9-21(10-12)16(23)11-3-4-11/h5-8,11-12H,1-4,9-10H2,(H,19,20,24). The second-order valence-corrected chi connectivity index (χ2v) is 7.04. The van der Waals surface area contributed by atoms with Gasteiger partial charge in [-0.1, -0.05) is 11.6 Å². The Morgan fingerprint density at radius 2 is 1.96 bits per heavy atom. The van der Waals surface area contributed by atoms with Crippen molar-refractivity contribution < 1.29 is 4.79 Å². The van der Waals surface area contributed by atoms with Gasteiger partial charge in [-0.2, -0.15) is 4.68 Å². The summed E-state index contributed by atoms with van der Waals surface area (Å²) in [5.41, 5.74) is 0.409. The van der Waals surface area contributed by atoms with Crippen molar-refractivity contribution >= 4 is 17.5 Å². The smallest absolute Gasteiger partial charge is 0.342 e. The van der Waals surface area contributed by atoms with Crippen LogP contribution < -0.4 is 5.69 Å². The van der Waals surface area contributed by atoms with Crippen molar-refractivity contribution in [1.82, 2.24) is 19.7 Å². The van der Waals surface area contributed by atoms with Gasteiger partial charge in [0, 0.05) is 29.9 Å². The number of aromatic amines is 1. The minimum absolute atomic E-state index is 0.0858. The number of halogens is 1. The summed E-state index contributed by atoms with van der Waals surface area (Å²) >= 11 is 5.89. The van der Waals surface area contributed by atoms with Gasteiger partial charge in [0.2, 0.25) is 5.91 Å². The first kappa shape index (κ1) is 15.4. The number of nitrogens with zero attached hydrogens (tertiary/aromatic N) is 3. The Hall–Kier alpha value is -2.08. The van der Waals surface area contributed by atoms with Gasteiger partial charge in [0.25, 0.3) is 0 Å². The first-order chi connectivity index (χ1) is 11.6. The number of hydrogen-bond donors (Lipinski definition) is 1. The number of aromatic nitrogens is 3. The van der Waals surface area contributed by atoms with Crippen LogP contribution in [0.1, 0.15) is 37.4 Å². The van der Waals surface area contributed by atoms with E-state index in [4.69, 9.17) is 11.6 Å². The molecule has 0 bridgehead atoms. The molecule has 2 aliphatic rings. The second kappa shape index (κ2) is 6.09. The number of nitrogens with one attached hydrogen (secondary N) is 1. The lowest BCUT2D eigenvalue weighted by molar-refractivity contribution is -0.133. The average molecular weight is 347 g/mol. The molecule has 1 saturated carbocycles. The van der Waals surface area contributed by atoms with Gasteiger partial charge in [0.15, 0.2) is 0 Å². The lowest BCUT2D eigenvalue weighted by Crippen LogP contribution is -2.40. The average Bonchev–Trinajstić information content (AvgIpc) is 3.38. The third-order valence-corrected chi connectivity index (χ3v) is 5.00. The third-order valence-electron chi connectivity index (χ3n) is 4.75. The number of carbonyl (C=O) groups excluding carboxylic acids is 1. The van der Waals surface area contributed by atoms with Crippen molar-refractivity contribution in [2.75, 3.05) is 13.1 Å². The summed E-state index contributed by atoms with van der Waals surface area (Å²) in [4.78, 5) is 29.3. The lowest BCUT2D eigenvalue weighted by Gasteiger charge is -2.31. The van der Waals surface area contributed by atoms with Crippen LogP contribution in [-0.4, -0.2) is 38.7 Å². The van der Waals surface area contributed by atoms with Crippen LogP contribution in [0.15, 0.2) is 29.1 Å². The zero-order valence-corrected chi connectivity index (χ0v) is 14.0. The number of rotatable bonds is 3. The van der Waals surface area contributed by atoms with E-state index >= 15 is 0 Å². The number of carbonyl (C=O) groups is 1. The maximum Gasteiger partial charge on any atom is 0.348 e. The van der Waals surface area contributed by atoms with E-state index in [2.05, 4.69) is 10.1 Å². The molecule has 1 amide bonds. The molecule has 1 unspecified atom stereocenters. The molecule has 7 heteroatoms. The summed E-state index contributed by atoms with van der Waals surface area (Å²) in [6, 6.07) is 6.99. The third kappa shape index (κ3) is 2.98. The monoisotopic (exact) mass is 346 g/mol. The highest BCUT2D eigenvalue weighted by atomic mass is 35.5. The summed E-state index contributed by atoms with van der Waals surface area (Å²) in [5.74, 6) is 1.24. The molecule has 2 fully saturated rings. The largest absolute Gasteiger partial charge is 0.348 e. The maximum absolute atomic E-state index is 12.3. The molecule has 6 nitrogen and oxygen atoms in total. The van der Waals surface area contributed by atoms with Gasteiger partial charge in [0.05, 0.1) is 5.69 Å². The minimum Gasteiger partial charge on any atom is -0.342 e. The van der Waals surface area contributed by atoms with Crippen LogP contribution in [-0.2, 0) is 4.79 Å². The van der Waals surface area contributed by atoms with E-state index in [1.165, 1.54) is 4.68 Å². The Morgan fingerprint density at radius 3 is 2.67 bits per heavy atom. The molecule has 1 aliphatic carbocycles. The summed E-state index contributed by atoms with van der Waals surface area (Å²) in [5, 5.41) is 5.07. The minimum atomic E-state index is -0.266. The fourth-order valence-electron chi connectivity index (χ4n) is 3.27. The Labute approximate surface area is 144 Å². The maximum atomic E-state index is 12.3. The highest BCUT2D eigenvalue weighted by molar-refractivity contribution is 6.30. The van der Waals surface area contributed by atoms with E-state index in [1.54, 1.807) is 24.3 Å². The predicted molar refractivity (Wildman–Crippen MR) is 90.5 cm³/mol. The Balaban J connectivity index is 1.56. The van der Waals surface area contributed by atoms with Crippen molar-refractivity contribution in [3.8, 4) is 5.69 Å². The van der Waals surface area contributed by atoms with Crippen molar-refractivity contribution in [2.45, 2.75) is 31.6 Å². The molecule has 1 saturated heterocycles. The molecule has 1 aliphatic heterocycles. The highest BCUT2D eigenvalue weighted by Crippen LogP contribution is 2.33. The molecule has 0 radical (unpaired) electrons. The summed E-state index contributed by atoms with van der Waals surface area (Å²) < 4.78 is 1.35. The van der Waals surface area contributed by atoms with E-state index in [9.17, 15) is 9.59 Å². The fourth-order valence-corrected chi connectivity index (χ4v) is 3.40. The molecule has 0 spiro atoms. The Kier molecular flexibility index (Phi) is 3.92. The predicted octanol–water partition coefficient (Wildman–Crippen LogP) is 2.33. The van der Waals surface area contributed by atoms with Crippen LogP contribution in [0.2, 0.25) is 5.02 Å². The Morgan fingerprint density at radius 1 is 1.21 bits per heavy atom. The lowest BCUT2D eigenvalue weighted by atomic mass is 9.97. The normalized spacial score (nSPS) is 21.0. The van der Waals surface area contributed by atoms with E-state index in [0.29, 0.717) is 23.1 Å². The molecular weight excluding hydrogens is 328 g/mol. The first-order valence-electron chi connectivity index (χ1n) is 8.36. The number of hydrogen-bond acceptors (Lipinski definition) is 3. The van der Waals surface area contributed by atoms with E-state index in [0.717, 1.165) is 32.2 Å². The summed E-state index contributed by atoms with van der Waals surface area (Å²) in [6.45, 7) is 1.46. The van der Waals surface area contributed by atoms with E-state index in [-0.39, 0.29) is 23.4 Å². The van der Waals surface area contributed by atoms with Crippen LogP contribution in [0.4, 0.5) is 0 Å². The summed E-state index contributed by atoms with van der Waals surface area (Å²) in [6.07, 6.45) is 3.91. The number of amides is 1. The van der Waals surface area contributed by atoms with Crippen molar-refractivity contribution in [3.63, 3.8) is 0 Å². The van der Waals surface area contributed by atoms with Crippen LogP contribution in [0.5, 0.6) is 0 Å². The summed E-state index contributed by atoms with van der Waals surface area (Å²) in [7, 11) is 0. The van der Waals surface area contributed by atoms with E-state index < -0.39 is 0 Å². The number of H-pyrrole nitrogens is 1. The number of piperidine rings is 1.